The highest BCUT2D eigenvalue weighted by Crippen LogP contribution is 2.31. The van der Waals surface area contributed by atoms with Crippen LogP contribution in [0.5, 0.6) is 0 Å². The smallest absolute Gasteiger partial charge is 0.407 e. The molecular formula is C19H17ClFN3O5. The number of primary amides is 1. The van der Waals surface area contributed by atoms with E-state index in [2.05, 4.69) is 5.32 Å². The van der Waals surface area contributed by atoms with Crippen molar-refractivity contribution in [2.75, 3.05) is 11.4 Å². The van der Waals surface area contributed by atoms with Gasteiger partial charge in [0.2, 0.25) is 0 Å². The van der Waals surface area contributed by atoms with Crippen molar-refractivity contribution in [1.29, 1.82) is 0 Å². The predicted molar refractivity (Wildman–Crippen MR) is 102 cm³/mol. The summed E-state index contributed by atoms with van der Waals surface area (Å²) >= 11 is 5.75. The number of hydrogen-bond donors (Lipinski definition) is 3. The molecule has 3 rings (SSSR count). The van der Waals surface area contributed by atoms with Crippen molar-refractivity contribution in [3.8, 4) is 0 Å². The lowest BCUT2D eigenvalue weighted by atomic mass is 10.1. The third-order valence-electron chi connectivity index (χ3n) is 4.33. The molecule has 29 heavy (non-hydrogen) atoms. The standard InChI is InChI=1S/C19H17ClFN3O5/c20-12-7-11(8-13(21)9-12)10-23-18(27)29-19(28)5-6-24(17(19)26)15-4-2-1-3-14(15)16(22)25/h1-4,7-9,28H,5-6,10H2,(H2,22,25)(H,23,27). The molecule has 3 amide bonds. The Morgan fingerprint density at radius 1 is 1.31 bits per heavy atom. The van der Waals surface area contributed by atoms with E-state index in [9.17, 15) is 23.9 Å². The number of carbonyl (C=O) groups excluding carboxylic acids is 3. The normalized spacial score (nSPS) is 18.6. The highest BCUT2D eigenvalue weighted by Gasteiger charge is 2.50. The number of ether oxygens (including phenoxy) is 1. The average Bonchev–Trinajstić information content (AvgIpc) is 2.94. The predicted octanol–water partition coefficient (Wildman–Crippen LogP) is 1.93. The summed E-state index contributed by atoms with van der Waals surface area (Å²) in [5.74, 6) is -4.63. The van der Waals surface area contributed by atoms with Crippen LogP contribution in [0.15, 0.2) is 42.5 Å². The number of para-hydroxylation sites is 1. The number of nitrogens with zero attached hydrogens (tertiary/aromatic N) is 1. The van der Waals surface area contributed by atoms with E-state index in [0.717, 1.165) is 11.0 Å². The molecule has 1 aliphatic rings. The Balaban J connectivity index is 1.68. The van der Waals surface area contributed by atoms with E-state index in [1.807, 2.05) is 0 Å². The van der Waals surface area contributed by atoms with Crippen LogP contribution < -0.4 is 16.0 Å². The third-order valence-corrected chi connectivity index (χ3v) is 4.55. The van der Waals surface area contributed by atoms with E-state index >= 15 is 0 Å². The summed E-state index contributed by atoms with van der Waals surface area (Å²) in [4.78, 5) is 37.4. The van der Waals surface area contributed by atoms with Gasteiger partial charge in [-0.05, 0) is 35.9 Å². The van der Waals surface area contributed by atoms with Crippen LogP contribution in [0.3, 0.4) is 0 Å². The number of benzene rings is 2. The number of amides is 3. The number of anilines is 1. The van der Waals surface area contributed by atoms with Gasteiger partial charge in [0, 0.05) is 24.5 Å². The average molecular weight is 422 g/mol. The van der Waals surface area contributed by atoms with E-state index in [4.69, 9.17) is 22.1 Å². The molecule has 4 N–H and O–H groups in total. The maximum absolute atomic E-state index is 13.3. The molecular weight excluding hydrogens is 405 g/mol. The molecule has 0 spiro atoms. The Morgan fingerprint density at radius 3 is 2.72 bits per heavy atom. The van der Waals surface area contributed by atoms with Gasteiger partial charge in [-0.25, -0.2) is 9.18 Å². The molecule has 0 radical (unpaired) electrons. The molecule has 0 bridgehead atoms. The maximum Gasteiger partial charge on any atom is 0.410 e. The summed E-state index contributed by atoms with van der Waals surface area (Å²) in [5, 5.41) is 13.0. The number of nitrogens with one attached hydrogen (secondary N) is 1. The van der Waals surface area contributed by atoms with Crippen molar-refractivity contribution in [3.05, 3.63) is 64.4 Å². The Bertz CT molecular complexity index is 966. The van der Waals surface area contributed by atoms with E-state index < -0.39 is 29.5 Å². The first kappa shape index (κ1) is 20.6. The van der Waals surface area contributed by atoms with Gasteiger partial charge in [0.25, 0.3) is 17.6 Å². The third kappa shape index (κ3) is 4.47. The number of alkyl carbamates (subject to hydrolysis) is 1. The molecule has 1 aliphatic heterocycles. The van der Waals surface area contributed by atoms with E-state index in [-0.39, 0.29) is 35.8 Å². The number of rotatable bonds is 5. The Hall–Kier alpha value is -3.17. The summed E-state index contributed by atoms with van der Waals surface area (Å²) in [7, 11) is 0. The van der Waals surface area contributed by atoms with Crippen LogP contribution in [0.2, 0.25) is 5.02 Å². The van der Waals surface area contributed by atoms with Crippen LogP contribution in [0.25, 0.3) is 0 Å². The first-order valence-corrected chi connectivity index (χ1v) is 8.92. The van der Waals surface area contributed by atoms with E-state index in [1.54, 1.807) is 12.1 Å². The Kier molecular flexibility index (Phi) is 5.71. The molecule has 0 aliphatic carbocycles. The Labute approximate surface area is 170 Å². The minimum absolute atomic E-state index is 0.00636. The summed E-state index contributed by atoms with van der Waals surface area (Å²) < 4.78 is 18.3. The first-order valence-electron chi connectivity index (χ1n) is 8.54. The zero-order chi connectivity index (χ0) is 21.2. The van der Waals surface area contributed by atoms with E-state index in [0.29, 0.717) is 5.56 Å². The molecule has 0 saturated carbocycles. The highest BCUT2D eigenvalue weighted by atomic mass is 35.5. The molecule has 1 heterocycles. The summed E-state index contributed by atoms with van der Waals surface area (Å²) in [5.41, 5.74) is 5.99. The van der Waals surface area contributed by atoms with Crippen molar-refractivity contribution < 1.29 is 28.6 Å². The zero-order valence-electron chi connectivity index (χ0n) is 15.0. The highest BCUT2D eigenvalue weighted by molar-refractivity contribution is 6.30. The van der Waals surface area contributed by atoms with Crippen LogP contribution in [0.4, 0.5) is 14.9 Å². The largest absolute Gasteiger partial charge is 0.410 e. The van der Waals surface area contributed by atoms with Gasteiger partial charge in [0.05, 0.1) is 11.3 Å². The van der Waals surface area contributed by atoms with Crippen LogP contribution in [-0.4, -0.2) is 35.3 Å². The van der Waals surface area contributed by atoms with Crippen LogP contribution in [-0.2, 0) is 16.1 Å². The van der Waals surface area contributed by atoms with Gasteiger partial charge in [0.1, 0.15) is 5.82 Å². The molecule has 2 aromatic carbocycles. The molecule has 10 heteroatoms. The molecule has 2 aromatic rings. The van der Waals surface area contributed by atoms with Crippen LogP contribution in [0.1, 0.15) is 22.3 Å². The molecule has 1 atom stereocenters. The monoisotopic (exact) mass is 421 g/mol. The molecule has 0 aromatic heterocycles. The fraction of sp³-hybridized carbons (Fsp3) is 0.211. The minimum atomic E-state index is -2.41. The lowest BCUT2D eigenvalue weighted by Crippen LogP contribution is -2.46. The fourth-order valence-corrected chi connectivity index (χ4v) is 3.25. The number of aliphatic hydroxyl groups is 1. The van der Waals surface area contributed by atoms with Crippen molar-refractivity contribution in [3.63, 3.8) is 0 Å². The second-order valence-electron chi connectivity index (χ2n) is 6.39. The summed E-state index contributed by atoms with van der Waals surface area (Å²) in [6.45, 7) is -0.124. The maximum atomic E-state index is 13.3. The lowest BCUT2D eigenvalue weighted by Gasteiger charge is -2.23. The van der Waals surface area contributed by atoms with Gasteiger partial charge >= 0.3 is 6.09 Å². The van der Waals surface area contributed by atoms with Crippen molar-refractivity contribution in [2.24, 2.45) is 5.73 Å². The van der Waals surface area contributed by atoms with Crippen LogP contribution in [0, 0.1) is 5.82 Å². The fourth-order valence-electron chi connectivity index (χ4n) is 3.00. The summed E-state index contributed by atoms with van der Waals surface area (Å²) in [6, 6.07) is 9.86. The molecule has 152 valence electrons. The van der Waals surface area contributed by atoms with Gasteiger partial charge in [-0.3, -0.25) is 9.59 Å². The van der Waals surface area contributed by atoms with Gasteiger partial charge in [-0.1, -0.05) is 23.7 Å². The van der Waals surface area contributed by atoms with Gasteiger partial charge in [0.15, 0.2) is 0 Å². The van der Waals surface area contributed by atoms with Gasteiger partial charge < -0.3 is 25.8 Å². The van der Waals surface area contributed by atoms with Crippen molar-refractivity contribution in [1.82, 2.24) is 5.32 Å². The lowest BCUT2D eigenvalue weighted by molar-refractivity contribution is -0.175. The second-order valence-corrected chi connectivity index (χ2v) is 6.83. The van der Waals surface area contributed by atoms with Crippen molar-refractivity contribution in [2.45, 2.75) is 18.8 Å². The number of hydrogen-bond acceptors (Lipinski definition) is 5. The number of nitrogens with two attached hydrogens (primary N) is 1. The molecule has 8 nitrogen and oxygen atoms in total. The second kappa shape index (κ2) is 8.06. The van der Waals surface area contributed by atoms with Crippen molar-refractivity contribution >= 4 is 35.2 Å². The SMILES string of the molecule is NC(=O)c1ccccc1N1CCC(O)(OC(=O)NCc2cc(F)cc(Cl)c2)C1=O. The Morgan fingerprint density at radius 2 is 2.03 bits per heavy atom. The zero-order valence-corrected chi connectivity index (χ0v) is 15.8. The number of halogens is 2. The number of carbonyl (C=O) groups is 3. The van der Waals surface area contributed by atoms with Crippen LogP contribution >= 0.6 is 11.6 Å². The van der Waals surface area contributed by atoms with Gasteiger partial charge in [-0.2, -0.15) is 0 Å². The first-order chi connectivity index (χ1) is 13.7. The summed E-state index contributed by atoms with van der Waals surface area (Å²) in [6.07, 6.45) is -1.29. The molecule has 1 unspecified atom stereocenters. The van der Waals surface area contributed by atoms with Gasteiger partial charge in [-0.15, -0.1) is 0 Å². The topological polar surface area (TPSA) is 122 Å². The molecule has 1 fully saturated rings. The minimum Gasteiger partial charge on any atom is -0.407 e. The van der Waals surface area contributed by atoms with E-state index in [1.165, 1.54) is 24.3 Å². The molecule has 1 saturated heterocycles. The quantitative estimate of drug-likeness (QED) is 0.637.